The molecule has 0 aliphatic heterocycles. The van der Waals surface area contributed by atoms with E-state index in [-0.39, 0.29) is 11.1 Å². The van der Waals surface area contributed by atoms with Crippen molar-refractivity contribution in [3.05, 3.63) is 116 Å². The van der Waals surface area contributed by atoms with Gasteiger partial charge in [0, 0.05) is 19.2 Å². The second-order valence-corrected chi connectivity index (χ2v) is 10.5. The van der Waals surface area contributed by atoms with E-state index in [1.807, 2.05) is 47.0 Å². The minimum absolute atomic E-state index is 0.212. The Kier molecular flexibility index (Phi) is 7.11. The van der Waals surface area contributed by atoms with Gasteiger partial charge in [0.2, 0.25) is 5.43 Å². The summed E-state index contributed by atoms with van der Waals surface area (Å²) in [5, 5.41) is 10.6. The number of thiazole rings is 1. The van der Waals surface area contributed by atoms with Gasteiger partial charge in [-0.25, -0.2) is 9.78 Å². The Bertz CT molecular complexity index is 1700. The molecule has 0 unspecified atom stereocenters. The molecule has 6 nitrogen and oxygen atoms in total. The van der Waals surface area contributed by atoms with Crippen molar-refractivity contribution in [1.29, 1.82) is 0 Å². The number of nitrogens with zero attached hydrogens (tertiary/aromatic N) is 2. The first-order valence-corrected chi connectivity index (χ1v) is 13.2. The van der Waals surface area contributed by atoms with E-state index in [1.165, 1.54) is 23.1 Å². The van der Waals surface area contributed by atoms with E-state index < -0.39 is 11.4 Å². The van der Waals surface area contributed by atoms with Crippen molar-refractivity contribution in [1.82, 2.24) is 9.55 Å². The van der Waals surface area contributed by atoms with Crippen LogP contribution in [0.4, 0.5) is 0 Å². The average molecular weight is 525 g/mol. The van der Waals surface area contributed by atoms with Gasteiger partial charge in [0.05, 0.1) is 12.1 Å². The molecule has 2 aromatic heterocycles. The standard InChI is InChI=1S/C31H28N2O4S/c1-19-8-9-20(2)25(16-19)24-7-5-4-6-22(24)17-33-18-26(31(35)36)29(34)28-30(33)38-27(32-28)15-12-21-10-13-23(37-3)14-11-21/h4-11,13-14,16,18H,12,15,17H2,1-3H3,(H,35,36). The lowest BCUT2D eigenvalue weighted by atomic mass is 9.94. The molecule has 7 heteroatoms. The summed E-state index contributed by atoms with van der Waals surface area (Å²) in [6, 6.07) is 22.4. The van der Waals surface area contributed by atoms with Crippen molar-refractivity contribution < 1.29 is 14.6 Å². The minimum Gasteiger partial charge on any atom is -0.497 e. The molecule has 1 N–H and O–H groups in total. The number of rotatable bonds is 8. The van der Waals surface area contributed by atoms with Gasteiger partial charge in [0.1, 0.15) is 21.7 Å². The number of carboxylic acids is 1. The van der Waals surface area contributed by atoms with E-state index in [0.29, 0.717) is 17.8 Å². The number of carboxylic acid groups (broad SMARTS) is 1. The van der Waals surface area contributed by atoms with E-state index in [0.717, 1.165) is 45.0 Å². The summed E-state index contributed by atoms with van der Waals surface area (Å²) < 4.78 is 7.09. The molecule has 192 valence electrons. The topological polar surface area (TPSA) is 81.4 Å². The third kappa shape index (κ3) is 5.10. The van der Waals surface area contributed by atoms with Gasteiger partial charge in [-0.15, -0.1) is 11.3 Å². The number of aromatic nitrogens is 2. The molecule has 0 aliphatic carbocycles. The molecular formula is C31H28N2O4S. The molecule has 0 saturated heterocycles. The van der Waals surface area contributed by atoms with Crippen LogP contribution >= 0.6 is 11.3 Å². The van der Waals surface area contributed by atoms with Crippen LogP contribution in [0.15, 0.2) is 77.7 Å². The quantitative estimate of drug-likeness (QED) is 0.258. The number of fused-ring (bicyclic) bond motifs is 1. The van der Waals surface area contributed by atoms with Gasteiger partial charge in [-0.2, -0.15) is 0 Å². The summed E-state index contributed by atoms with van der Waals surface area (Å²) in [4.78, 5) is 30.3. The summed E-state index contributed by atoms with van der Waals surface area (Å²) >= 11 is 1.45. The largest absolute Gasteiger partial charge is 0.497 e. The summed E-state index contributed by atoms with van der Waals surface area (Å²) in [7, 11) is 1.64. The number of ether oxygens (including phenoxy) is 1. The van der Waals surface area contributed by atoms with E-state index in [1.54, 1.807) is 7.11 Å². The zero-order valence-corrected chi connectivity index (χ0v) is 22.3. The lowest BCUT2D eigenvalue weighted by Crippen LogP contribution is -2.19. The summed E-state index contributed by atoms with van der Waals surface area (Å²) in [6.07, 6.45) is 2.85. The van der Waals surface area contributed by atoms with Crippen molar-refractivity contribution in [3.63, 3.8) is 0 Å². The molecule has 0 fully saturated rings. The number of pyridine rings is 1. The second-order valence-electron chi connectivity index (χ2n) is 9.39. The number of carbonyl (C=O) groups is 1. The van der Waals surface area contributed by atoms with Crippen molar-refractivity contribution in [2.24, 2.45) is 0 Å². The lowest BCUT2D eigenvalue weighted by Gasteiger charge is -2.15. The van der Waals surface area contributed by atoms with Gasteiger partial charge in [0.15, 0.2) is 0 Å². The first-order valence-electron chi connectivity index (χ1n) is 12.4. The summed E-state index contributed by atoms with van der Waals surface area (Å²) in [6.45, 7) is 4.57. The van der Waals surface area contributed by atoms with Crippen LogP contribution in [-0.2, 0) is 19.4 Å². The molecule has 0 bridgehead atoms. The average Bonchev–Trinajstić information content (AvgIpc) is 3.36. The van der Waals surface area contributed by atoms with E-state index >= 15 is 0 Å². The zero-order chi connectivity index (χ0) is 26.8. The number of methoxy groups -OCH3 is 1. The smallest absolute Gasteiger partial charge is 0.341 e. The van der Waals surface area contributed by atoms with Crippen LogP contribution in [0.25, 0.3) is 21.5 Å². The van der Waals surface area contributed by atoms with Gasteiger partial charge in [-0.05, 0) is 60.2 Å². The highest BCUT2D eigenvalue weighted by Gasteiger charge is 2.19. The Morgan fingerprint density at radius 3 is 2.50 bits per heavy atom. The van der Waals surface area contributed by atoms with Crippen molar-refractivity contribution >= 4 is 27.7 Å². The van der Waals surface area contributed by atoms with Gasteiger partial charge in [0.25, 0.3) is 0 Å². The third-order valence-corrected chi connectivity index (χ3v) is 7.87. The molecule has 2 heterocycles. The van der Waals surface area contributed by atoms with E-state index in [2.05, 4.69) is 43.1 Å². The summed E-state index contributed by atoms with van der Waals surface area (Å²) in [5.41, 5.74) is 6.13. The molecule has 3 aromatic carbocycles. The molecule has 0 radical (unpaired) electrons. The fraction of sp³-hybridized carbons (Fsp3) is 0.194. The predicted octanol–water partition coefficient (Wildman–Crippen LogP) is 6.28. The molecule has 0 aliphatic rings. The van der Waals surface area contributed by atoms with E-state index in [9.17, 15) is 14.7 Å². The first-order chi connectivity index (χ1) is 18.3. The van der Waals surface area contributed by atoms with Crippen LogP contribution in [0.3, 0.4) is 0 Å². The van der Waals surface area contributed by atoms with Crippen LogP contribution in [-0.4, -0.2) is 27.7 Å². The Morgan fingerprint density at radius 2 is 1.76 bits per heavy atom. The SMILES string of the molecule is COc1ccc(CCc2nc3c(=O)c(C(=O)O)cn(Cc4ccccc4-c4cc(C)ccc4C)c3s2)cc1. The van der Waals surface area contributed by atoms with E-state index in [4.69, 9.17) is 4.74 Å². The number of aromatic carboxylic acids is 1. The van der Waals surface area contributed by atoms with Gasteiger partial charge < -0.3 is 14.4 Å². The molecule has 5 rings (SSSR count). The van der Waals surface area contributed by atoms with Gasteiger partial charge in [-0.3, -0.25) is 4.79 Å². The van der Waals surface area contributed by atoms with Crippen LogP contribution in [0.2, 0.25) is 0 Å². The molecule has 0 atom stereocenters. The Hall–Kier alpha value is -4.23. The number of aryl methyl sites for hydroxylation is 4. The van der Waals surface area contributed by atoms with Gasteiger partial charge >= 0.3 is 5.97 Å². The molecule has 38 heavy (non-hydrogen) atoms. The first kappa shape index (κ1) is 25.4. The van der Waals surface area contributed by atoms with Gasteiger partial charge in [-0.1, -0.05) is 60.2 Å². The fourth-order valence-electron chi connectivity index (χ4n) is 4.65. The van der Waals surface area contributed by atoms with Crippen LogP contribution in [0.5, 0.6) is 5.75 Å². The number of benzene rings is 3. The van der Waals surface area contributed by atoms with Crippen molar-refractivity contribution in [2.75, 3.05) is 7.11 Å². The van der Waals surface area contributed by atoms with Crippen LogP contribution < -0.4 is 10.2 Å². The molecular weight excluding hydrogens is 496 g/mol. The Morgan fingerprint density at radius 1 is 1.00 bits per heavy atom. The number of hydrogen-bond donors (Lipinski definition) is 1. The monoisotopic (exact) mass is 524 g/mol. The highest BCUT2D eigenvalue weighted by Crippen LogP contribution is 2.30. The number of hydrogen-bond acceptors (Lipinski definition) is 5. The normalized spacial score (nSPS) is 11.1. The third-order valence-electron chi connectivity index (χ3n) is 6.72. The van der Waals surface area contributed by atoms with Crippen LogP contribution in [0.1, 0.15) is 37.6 Å². The zero-order valence-electron chi connectivity index (χ0n) is 21.5. The molecule has 5 aromatic rings. The highest BCUT2D eigenvalue weighted by molar-refractivity contribution is 7.18. The van der Waals surface area contributed by atoms with Crippen molar-refractivity contribution in [2.45, 2.75) is 33.2 Å². The maximum atomic E-state index is 13.0. The lowest BCUT2D eigenvalue weighted by molar-refractivity contribution is 0.0695. The van der Waals surface area contributed by atoms with Crippen LogP contribution in [0, 0.1) is 13.8 Å². The fourth-order valence-corrected chi connectivity index (χ4v) is 5.68. The maximum absolute atomic E-state index is 13.0. The summed E-state index contributed by atoms with van der Waals surface area (Å²) in [5.74, 6) is -0.450. The molecule has 0 spiro atoms. The molecule has 0 saturated carbocycles. The Labute approximate surface area is 224 Å². The Balaban J connectivity index is 1.55. The minimum atomic E-state index is -1.25. The maximum Gasteiger partial charge on any atom is 0.341 e. The predicted molar refractivity (Wildman–Crippen MR) is 152 cm³/mol. The molecule has 0 amide bonds. The van der Waals surface area contributed by atoms with Crippen molar-refractivity contribution in [3.8, 4) is 16.9 Å². The highest BCUT2D eigenvalue weighted by atomic mass is 32.1. The second kappa shape index (κ2) is 10.6.